The third kappa shape index (κ3) is 7.10. The van der Waals surface area contributed by atoms with Crippen molar-refractivity contribution in [2.75, 3.05) is 18.9 Å². The number of amides is 2. The Bertz CT molecular complexity index is 1100. The van der Waals surface area contributed by atoms with Crippen molar-refractivity contribution in [1.29, 1.82) is 5.41 Å². The molecule has 0 spiro atoms. The molecule has 1 aliphatic carbocycles. The number of nitrogens with zero attached hydrogens (tertiary/aromatic N) is 2. The zero-order valence-corrected chi connectivity index (χ0v) is 20.1. The fourth-order valence-corrected chi connectivity index (χ4v) is 4.18. The Hall–Kier alpha value is -3.78. The lowest BCUT2D eigenvalue weighted by atomic mass is 9.94. The summed E-state index contributed by atoms with van der Waals surface area (Å²) in [5.41, 5.74) is 7.24. The summed E-state index contributed by atoms with van der Waals surface area (Å²) in [5, 5.41) is 19.3. The maximum atomic E-state index is 13.3. The van der Waals surface area contributed by atoms with Gasteiger partial charge >= 0.3 is 0 Å². The van der Waals surface area contributed by atoms with Crippen molar-refractivity contribution in [3.63, 3.8) is 0 Å². The quantitative estimate of drug-likeness (QED) is 0.152. The highest BCUT2D eigenvalue weighted by molar-refractivity contribution is 5.95. The first-order valence-electron chi connectivity index (χ1n) is 11.9. The molecule has 4 N–H and O–H groups in total. The van der Waals surface area contributed by atoms with Crippen LogP contribution >= 0.6 is 0 Å². The minimum atomic E-state index is -0.373. The summed E-state index contributed by atoms with van der Waals surface area (Å²) in [4.78, 5) is 30.4. The fourth-order valence-electron chi connectivity index (χ4n) is 4.18. The van der Waals surface area contributed by atoms with Crippen LogP contribution in [-0.2, 0) is 4.79 Å². The molecular formula is C27H33N5O3. The monoisotopic (exact) mass is 475 g/mol. The summed E-state index contributed by atoms with van der Waals surface area (Å²) < 4.78 is 0. The van der Waals surface area contributed by atoms with Crippen LogP contribution in [0.3, 0.4) is 0 Å². The highest BCUT2D eigenvalue weighted by Crippen LogP contribution is 2.31. The number of aromatic nitrogens is 1. The minimum absolute atomic E-state index is 0.0614. The van der Waals surface area contributed by atoms with Gasteiger partial charge in [-0.25, -0.2) is 5.48 Å². The number of allylic oxidation sites excluding steroid dienone is 4. The van der Waals surface area contributed by atoms with Crippen LogP contribution < -0.4 is 10.8 Å². The van der Waals surface area contributed by atoms with Crippen LogP contribution in [0.15, 0.2) is 60.6 Å². The van der Waals surface area contributed by atoms with Crippen LogP contribution in [0.25, 0.3) is 5.57 Å². The number of benzene rings is 1. The Morgan fingerprint density at radius 3 is 2.63 bits per heavy atom. The molecule has 0 aliphatic heterocycles. The second-order valence-electron chi connectivity index (χ2n) is 8.44. The molecule has 0 saturated heterocycles. The second kappa shape index (κ2) is 13.2. The number of pyridine rings is 1. The van der Waals surface area contributed by atoms with E-state index in [1.807, 2.05) is 30.2 Å². The minimum Gasteiger partial charge on any atom is -0.388 e. The summed E-state index contributed by atoms with van der Waals surface area (Å²) in [6, 6.07) is 9.58. The lowest BCUT2D eigenvalue weighted by Gasteiger charge is -2.28. The summed E-state index contributed by atoms with van der Waals surface area (Å²) in [5.74, 6) is -0.434. The van der Waals surface area contributed by atoms with Crippen LogP contribution in [-0.4, -0.2) is 46.7 Å². The normalized spacial score (nSPS) is 12.9. The molecule has 0 fully saturated rings. The summed E-state index contributed by atoms with van der Waals surface area (Å²) >= 11 is 0. The molecule has 0 bridgehead atoms. The Labute approximate surface area is 206 Å². The Kier molecular flexibility index (Phi) is 9.74. The van der Waals surface area contributed by atoms with Crippen LogP contribution in [0.4, 0.5) is 5.69 Å². The molecule has 0 radical (unpaired) electrons. The van der Waals surface area contributed by atoms with E-state index in [1.165, 1.54) is 11.8 Å². The molecule has 8 nitrogen and oxygen atoms in total. The first-order valence-corrected chi connectivity index (χ1v) is 11.9. The number of hydrogen-bond acceptors (Lipinski definition) is 6. The van der Waals surface area contributed by atoms with E-state index in [0.29, 0.717) is 24.9 Å². The zero-order chi connectivity index (χ0) is 25.0. The second-order valence-corrected chi connectivity index (χ2v) is 8.44. The van der Waals surface area contributed by atoms with Crippen LogP contribution in [0.2, 0.25) is 0 Å². The molecule has 0 atom stereocenters. The maximum Gasteiger partial charge on any atom is 0.259 e. The number of unbranched alkanes of at least 4 members (excludes halogenated alkanes) is 3. The van der Waals surface area contributed by atoms with Gasteiger partial charge in [0.15, 0.2) is 0 Å². The number of hydrogen-bond donors (Lipinski definition) is 4. The van der Waals surface area contributed by atoms with Gasteiger partial charge in [0.25, 0.3) is 5.91 Å². The van der Waals surface area contributed by atoms with E-state index in [1.54, 1.807) is 30.0 Å². The smallest absolute Gasteiger partial charge is 0.259 e. The molecule has 0 saturated carbocycles. The standard InChI is InChI=1S/C27H33N5O3/c1-29-25-17-21(9-10-22(25)18-28)20-11-13-24(14-12-20)32(27(34)23-7-6-15-30-19-23)16-5-3-2-4-8-26(33)31-35/h6-7,9-11,13,15,17-19,28-29,35H,2-5,8,12,14,16H2,1H3,(H,31,33). The number of carbonyl (C=O) groups excluding carboxylic acids is 2. The van der Waals surface area contributed by atoms with Gasteiger partial charge in [-0.15, -0.1) is 0 Å². The predicted octanol–water partition coefficient (Wildman–Crippen LogP) is 4.78. The van der Waals surface area contributed by atoms with E-state index in [9.17, 15) is 9.59 Å². The van der Waals surface area contributed by atoms with Crippen molar-refractivity contribution in [3.05, 3.63) is 77.3 Å². The summed E-state index contributed by atoms with van der Waals surface area (Å²) in [6.07, 6.45) is 13.8. The van der Waals surface area contributed by atoms with E-state index < -0.39 is 0 Å². The molecule has 3 rings (SSSR count). The molecule has 184 valence electrons. The first-order chi connectivity index (χ1) is 17.1. The van der Waals surface area contributed by atoms with Gasteiger partial charge in [0.05, 0.1) is 5.56 Å². The number of carbonyl (C=O) groups is 2. The highest BCUT2D eigenvalue weighted by atomic mass is 16.5. The Morgan fingerprint density at radius 2 is 1.97 bits per heavy atom. The number of rotatable bonds is 12. The van der Waals surface area contributed by atoms with E-state index in [-0.39, 0.29) is 11.8 Å². The third-order valence-corrected chi connectivity index (χ3v) is 6.14. The lowest BCUT2D eigenvalue weighted by Crippen LogP contribution is -2.32. The molecule has 2 aromatic rings. The van der Waals surface area contributed by atoms with Crippen molar-refractivity contribution in [3.8, 4) is 0 Å². The van der Waals surface area contributed by atoms with Gasteiger partial charge in [-0.05, 0) is 61.1 Å². The molecule has 35 heavy (non-hydrogen) atoms. The van der Waals surface area contributed by atoms with Gasteiger partial charge in [0.1, 0.15) is 0 Å². The van der Waals surface area contributed by atoms with Crippen molar-refractivity contribution in [2.24, 2.45) is 0 Å². The molecular weight excluding hydrogens is 442 g/mol. The van der Waals surface area contributed by atoms with Crippen molar-refractivity contribution in [1.82, 2.24) is 15.4 Å². The third-order valence-electron chi connectivity index (χ3n) is 6.14. The molecule has 1 aromatic carbocycles. The van der Waals surface area contributed by atoms with Gasteiger partial charge in [-0.3, -0.25) is 19.8 Å². The number of nitrogens with one attached hydrogen (secondary N) is 3. The van der Waals surface area contributed by atoms with Crippen molar-refractivity contribution in [2.45, 2.75) is 44.9 Å². The average Bonchev–Trinajstić information content (AvgIpc) is 2.92. The van der Waals surface area contributed by atoms with Crippen molar-refractivity contribution < 1.29 is 14.8 Å². The number of hydroxylamine groups is 1. The molecule has 1 heterocycles. The predicted molar refractivity (Wildman–Crippen MR) is 137 cm³/mol. The van der Waals surface area contributed by atoms with Crippen LogP contribution in [0, 0.1) is 5.41 Å². The topological polar surface area (TPSA) is 118 Å². The van der Waals surface area contributed by atoms with E-state index in [4.69, 9.17) is 10.6 Å². The Morgan fingerprint density at radius 1 is 1.14 bits per heavy atom. The van der Waals surface area contributed by atoms with Gasteiger partial charge in [0, 0.05) is 55.6 Å². The maximum absolute atomic E-state index is 13.3. The van der Waals surface area contributed by atoms with E-state index >= 15 is 0 Å². The van der Waals surface area contributed by atoms with Gasteiger partial charge in [-0.2, -0.15) is 0 Å². The zero-order valence-electron chi connectivity index (χ0n) is 20.1. The summed E-state index contributed by atoms with van der Waals surface area (Å²) in [6.45, 7) is 0.590. The number of anilines is 1. The molecule has 0 unspecified atom stereocenters. The van der Waals surface area contributed by atoms with E-state index in [0.717, 1.165) is 54.6 Å². The van der Waals surface area contributed by atoms with Gasteiger partial charge in [0.2, 0.25) is 5.91 Å². The molecule has 8 heteroatoms. The molecule has 1 aromatic heterocycles. The first kappa shape index (κ1) is 25.8. The highest BCUT2D eigenvalue weighted by Gasteiger charge is 2.21. The largest absolute Gasteiger partial charge is 0.388 e. The van der Waals surface area contributed by atoms with E-state index in [2.05, 4.69) is 22.4 Å². The van der Waals surface area contributed by atoms with Crippen LogP contribution in [0.1, 0.15) is 66.4 Å². The van der Waals surface area contributed by atoms with Gasteiger partial charge in [-0.1, -0.05) is 31.1 Å². The van der Waals surface area contributed by atoms with Crippen molar-refractivity contribution >= 4 is 29.3 Å². The summed E-state index contributed by atoms with van der Waals surface area (Å²) in [7, 11) is 1.85. The molecule has 1 aliphatic rings. The lowest BCUT2D eigenvalue weighted by molar-refractivity contribution is -0.129. The van der Waals surface area contributed by atoms with Gasteiger partial charge < -0.3 is 15.6 Å². The SMILES string of the molecule is CNc1cc(C2=CC=C(N(CCCCCCC(=O)NO)C(=O)c3cccnc3)CC2)ccc1C=N. The van der Waals surface area contributed by atoms with Crippen LogP contribution in [0.5, 0.6) is 0 Å². The Balaban J connectivity index is 1.73. The molecule has 2 amide bonds. The average molecular weight is 476 g/mol. The fraction of sp³-hybridized carbons (Fsp3) is 0.333.